The molecule has 0 aromatic rings. The third kappa shape index (κ3) is 44.0. The molecule has 0 aromatic heterocycles. The van der Waals surface area contributed by atoms with E-state index in [2.05, 4.69) is 93.7 Å². The predicted octanol–water partition coefficient (Wildman–Crippen LogP) is 15.5. The first-order chi connectivity index (χ1) is 28.5. The molecular formula is C52H88O6. The first-order valence-electron chi connectivity index (χ1n) is 23.9. The van der Waals surface area contributed by atoms with Crippen molar-refractivity contribution in [3.8, 4) is 0 Å². The zero-order valence-electron chi connectivity index (χ0n) is 37.8. The van der Waals surface area contributed by atoms with Crippen LogP contribution < -0.4 is 0 Å². The zero-order valence-corrected chi connectivity index (χ0v) is 37.8. The molecule has 0 N–H and O–H groups in total. The van der Waals surface area contributed by atoms with Crippen LogP contribution in [0, 0.1) is 0 Å². The maximum atomic E-state index is 12.7. The Morgan fingerprint density at radius 1 is 0.362 bits per heavy atom. The van der Waals surface area contributed by atoms with Crippen molar-refractivity contribution in [2.75, 3.05) is 13.2 Å². The number of rotatable bonds is 42. The van der Waals surface area contributed by atoms with Gasteiger partial charge in [-0.2, -0.15) is 0 Å². The molecule has 0 heterocycles. The fourth-order valence-corrected chi connectivity index (χ4v) is 6.34. The highest BCUT2D eigenvalue weighted by Crippen LogP contribution is 2.13. The molecule has 1 atom stereocenters. The standard InChI is InChI=1S/C52H88O6/c1-4-7-10-13-16-19-21-23-24-25-26-27-28-30-31-33-36-39-42-45-51(54)57-48-49(47-56-50(53)44-41-38-35-18-15-12-9-6-3)58-52(55)46-43-40-37-34-32-29-22-20-17-14-11-8-5-2/h7,10,16,19-20,22-24,26-27,30-31,49H,4-6,8-9,11-15,17-18,21,25,28-29,32-48H2,1-3H3/b10-7-,19-16-,22-20-,24-23-,27-26-,31-30-. The Bertz CT molecular complexity index is 1110. The summed E-state index contributed by atoms with van der Waals surface area (Å²) in [5, 5.41) is 0. The summed E-state index contributed by atoms with van der Waals surface area (Å²) in [7, 11) is 0. The van der Waals surface area contributed by atoms with Gasteiger partial charge in [0, 0.05) is 19.3 Å². The number of hydrogen-bond acceptors (Lipinski definition) is 6. The third-order valence-corrected chi connectivity index (χ3v) is 9.95. The highest BCUT2D eigenvalue weighted by molar-refractivity contribution is 5.71. The fourth-order valence-electron chi connectivity index (χ4n) is 6.34. The van der Waals surface area contributed by atoms with Gasteiger partial charge in [0.05, 0.1) is 0 Å². The summed E-state index contributed by atoms with van der Waals surface area (Å²) in [6.07, 6.45) is 57.5. The second-order valence-electron chi connectivity index (χ2n) is 15.6. The van der Waals surface area contributed by atoms with E-state index in [1.54, 1.807) is 0 Å². The molecule has 1 unspecified atom stereocenters. The molecule has 0 aliphatic heterocycles. The Kier molecular flexibility index (Phi) is 44.0. The molecule has 332 valence electrons. The molecule has 0 aromatic carbocycles. The second-order valence-corrected chi connectivity index (χ2v) is 15.6. The number of carbonyl (C=O) groups excluding carboxylic acids is 3. The average molecular weight is 809 g/mol. The minimum Gasteiger partial charge on any atom is -0.462 e. The Hall–Kier alpha value is -3.15. The highest BCUT2D eigenvalue weighted by atomic mass is 16.6. The van der Waals surface area contributed by atoms with Gasteiger partial charge in [0.2, 0.25) is 0 Å². The summed E-state index contributed by atoms with van der Waals surface area (Å²) < 4.78 is 16.7. The fraction of sp³-hybridized carbons (Fsp3) is 0.712. The van der Waals surface area contributed by atoms with Crippen molar-refractivity contribution in [1.29, 1.82) is 0 Å². The van der Waals surface area contributed by atoms with Crippen molar-refractivity contribution in [1.82, 2.24) is 0 Å². The van der Waals surface area contributed by atoms with Crippen LogP contribution in [0.15, 0.2) is 72.9 Å². The van der Waals surface area contributed by atoms with Crippen molar-refractivity contribution < 1.29 is 28.6 Å². The van der Waals surface area contributed by atoms with Crippen LogP contribution >= 0.6 is 0 Å². The van der Waals surface area contributed by atoms with Gasteiger partial charge in [0.15, 0.2) is 6.10 Å². The van der Waals surface area contributed by atoms with E-state index in [0.29, 0.717) is 19.3 Å². The van der Waals surface area contributed by atoms with E-state index in [4.69, 9.17) is 14.2 Å². The van der Waals surface area contributed by atoms with Crippen LogP contribution in [0.4, 0.5) is 0 Å². The number of carbonyl (C=O) groups is 3. The van der Waals surface area contributed by atoms with Crippen molar-refractivity contribution in [3.05, 3.63) is 72.9 Å². The minimum atomic E-state index is -0.789. The lowest BCUT2D eigenvalue weighted by molar-refractivity contribution is -0.167. The van der Waals surface area contributed by atoms with E-state index in [9.17, 15) is 14.4 Å². The molecule has 0 bridgehead atoms. The predicted molar refractivity (Wildman–Crippen MR) is 247 cm³/mol. The van der Waals surface area contributed by atoms with Crippen molar-refractivity contribution >= 4 is 17.9 Å². The van der Waals surface area contributed by atoms with Crippen LogP contribution in [0.2, 0.25) is 0 Å². The van der Waals surface area contributed by atoms with Gasteiger partial charge in [-0.25, -0.2) is 0 Å². The minimum absolute atomic E-state index is 0.0890. The molecule has 0 fully saturated rings. The molecule has 6 heteroatoms. The van der Waals surface area contributed by atoms with Gasteiger partial charge < -0.3 is 14.2 Å². The second kappa shape index (κ2) is 46.5. The average Bonchev–Trinajstić information content (AvgIpc) is 3.22. The van der Waals surface area contributed by atoms with Crippen LogP contribution in [0.25, 0.3) is 0 Å². The van der Waals surface area contributed by atoms with Gasteiger partial charge in [-0.15, -0.1) is 0 Å². The lowest BCUT2D eigenvalue weighted by Crippen LogP contribution is -2.30. The Labute approximate surface area is 357 Å². The van der Waals surface area contributed by atoms with Gasteiger partial charge in [-0.3, -0.25) is 14.4 Å². The van der Waals surface area contributed by atoms with Crippen LogP contribution in [0.1, 0.15) is 220 Å². The maximum absolute atomic E-state index is 12.7. The lowest BCUT2D eigenvalue weighted by atomic mass is 10.1. The van der Waals surface area contributed by atoms with Crippen LogP contribution in [-0.2, 0) is 28.6 Å². The van der Waals surface area contributed by atoms with Crippen LogP contribution in [0.5, 0.6) is 0 Å². The number of esters is 3. The van der Waals surface area contributed by atoms with Crippen molar-refractivity contribution in [3.63, 3.8) is 0 Å². The molecule has 0 amide bonds. The summed E-state index contributed by atoms with van der Waals surface area (Å²) in [6.45, 7) is 6.43. The zero-order chi connectivity index (χ0) is 42.3. The van der Waals surface area contributed by atoms with E-state index in [-0.39, 0.29) is 31.1 Å². The lowest BCUT2D eigenvalue weighted by Gasteiger charge is -2.18. The summed E-state index contributed by atoms with van der Waals surface area (Å²) in [5.74, 6) is -0.939. The molecule has 0 aliphatic carbocycles. The van der Waals surface area contributed by atoms with E-state index < -0.39 is 6.10 Å². The monoisotopic (exact) mass is 809 g/mol. The largest absolute Gasteiger partial charge is 0.462 e. The first kappa shape index (κ1) is 54.9. The van der Waals surface area contributed by atoms with Gasteiger partial charge in [0.1, 0.15) is 13.2 Å². The van der Waals surface area contributed by atoms with E-state index in [1.807, 2.05) is 0 Å². The molecular weight excluding hydrogens is 721 g/mol. The molecule has 6 nitrogen and oxygen atoms in total. The first-order valence-corrected chi connectivity index (χ1v) is 23.9. The maximum Gasteiger partial charge on any atom is 0.306 e. The summed E-state index contributed by atoms with van der Waals surface area (Å²) in [6, 6.07) is 0. The topological polar surface area (TPSA) is 78.9 Å². The number of allylic oxidation sites excluding steroid dienone is 12. The van der Waals surface area contributed by atoms with E-state index >= 15 is 0 Å². The Balaban J connectivity index is 4.39. The quantitative estimate of drug-likeness (QED) is 0.0264. The SMILES string of the molecule is CC/C=C\C/C=C\C/C=C\C/C=C\C/C=C\CCCCCC(=O)OCC(COC(=O)CCCCCCCCCC)OC(=O)CCCCCCC/C=C\CCCCCC. The van der Waals surface area contributed by atoms with Gasteiger partial charge in [0.25, 0.3) is 0 Å². The number of unbranched alkanes of at least 4 members (excludes halogenated alkanes) is 19. The molecule has 0 radical (unpaired) electrons. The summed E-state index contributed by atoms with van der Waals surface area (Å²) in [5.41, 5.74) is 0. The number of hydrogen-bond donors (Lipinski definition) is 0. The highest BCUT2D eigenvalue weighted by Gasteiger charge is 2.19. The Morgan fingerprint density at radius 3 is 1.10 bits per heavy atom. The van der Waals surface area contributed by atoms with E-state index in [1.165, 1.54) is 70.6 Å². The normalized spacial score (nSPS) is 12.7. The van der Waals surface area contributed by atoms with Gasteiger partial charge in [-0.05, 0) is 89.9 Å². The van der Waals surface area contributed by atoms with Crippen molar-refractivity contribution in [2.45, 2.75) is 226 Å². The molecule has 0 saturated heterocycles. The third-order valence-electron chi connectivity index (χ3n) is 9.95. The molecule has 0 rings (SSSR count). The molecule has 0 aliphatic rings. The summed E-state index contributed by atoms with van der Waals surface area (Å²) >= 11 is 0. The smallest absolute Gasteiger partial charge is 0.306 e. The molecule has 0 saturated carbocycles. The van der Waals surface area contributed by atoms with Gasteiger partial charge >= 0.3 is 17.9 Å². The Morgan fingerprint density at radius 2 is 0.672 bits per heavy atom. The van der Waals surface area contributed by atoms with Crippen LogP contribution in [0.3, 0.4) is 0 Å². The van der Waals surface area contributed by atoms with E-state index in [0.717, 1.165) is 109 Å². The van der Waals surface area contributed by atoms with Crippen molar-refractivity contribution in [2.24, 2.45) is 0 Å². The number of ether oxygens (including phenoxy) is 3. The molecule has 0 spiro atoms. The summed E-state index contributed by atoms with van der Waals surface area (Å²) in [4.78, 5) is 37.7. The van der Waals surface area contributed by atoms with Crippen LogP contribution in [-0.4, -0.2) is 37.2 Å². The molecule has 58 heavy (non-hydrogen) atoms. The van der Waals surface area contributed by atoms with Gasteiger partial charge in [-0.1, -0.05) is 184 Å².